The van der Waals surface area contributed by atoms with Crippen LogP contribution in [0, 0.1) is 10.1 Å². The number of nitrogens with zero attached hydrogens (tertiary/aromatic N) is 3. The van der Waals surface area contributed by atoms with E-state index in [-0.39, 0.29) is 16.3 Å². The highest BCUT2D eigenvalue weighted by Crippen LogP contribution is 2.26. The number of aryl methyl sites for hydroxylation is 2. The van der Waals surface area contributed by atoms with E-state index in [0.717, 1.165) is 30.4 Å². The first-order valence-electron chi connectivity index (χ1n) is 5.01. The minimum absolute atomic E-state index is 0.278. The van der Waals surface area contributed by atoms with Crippen molar-refractivity contribution in [3.63, 3.8) is 0 Å². The van der Waals surface area contributed by atoms with Crippen LogP contribution in [0.5, 0.6) is 0 Å². The third-order valence-electron chi connectivity index (χ3n) is 2.95. The van der Waals surface area contributed by atoms with Gasteiger partial charge in [0.25, 0.3) is 5.28 Å². The zero-order chi connectivity index (χ0) is 11.3. The second kappa shape index (κ2) is 3.18. The zero-order valence-corrected chi connectivity index (χ0v) is 9.07. The van der Waals surface area contributed by atoms with E-state index in [4.69, 9.17) is 11.6 Å². The van der Waals surface area contributed by atoms with Gasteiger partial charge in [-0.15, -0.1) is 0 Å². The third kappa shape index (κ3) is 1.21. The molecule has 0 spiro atoms. The van der Waals surface area contributed by atoms with Crippen LogP contribution < -0.4 is 4.54 Å². The van der Waals surface area contributed by atoms with Crippen molar-refractivity contribution in [3.05, 3.63) is 38.7 Å². The van der Waals surface area contributed by atoms with Gasteiger partial charge in [-0.2, -0.15) is 0 Å². The second-order valence-electron chi connectivity index (χ2n) is 3.90. The SMILES string of the molecule is O=[n+]1nc(Cl)n([O-])c2cc3c(cc21)CCC3. The third-order valence-corrected chi connectivity index (χ3v) is 3.18. The molecule has 3 rings (SSSR count). The van der Waals surface area contributed by atoms with Crippen LogP contribution in [-0.4, -0.2) is 9.83 Å². The lowest BCUT2D eigenvalue weighted by molar-refractivity contribution is -0.536. The summed E-state index contributed by atoms with van der Waals surface area (Å²) in [7, 11) is 0. The van der Waals surface area contributed by atoms with Gasteiger partial charge in [0.1, 0.15) is 5.52 Å². The van der Waals surface area contributed by atoms with E-state index in [1.165, 1.54) is 0 Å². The van der Waals surface area contributed by atoms with Gasteiger partial charge in [-0.1, -0.05) is 0 Å². The molecule has 5 nitrogen and oxygen atoms in total. The summed E-state index contributed by atoms with van der Waals surface area (Å²) in [5.41, 5.74) is 2.82. The molecule has 1 aromatic carbocycles. The Morgan fingerprint density at radius 1 is 1.38 bits per heavy atom. The Kier molecular flexibility index (Phi) is 1.91. The van der Waals surface area contributed by atoms with Gasteiger partial charge in [-0.3, -0.25) is 0 Å². The van der Waals surface area contributed by atoms with Crippen molar-refractivity contribution < 1.29 is 4.54 Å². The van der Waals surface area contributed by atoms with Crippen molar-refractivity contribution in [1.29, 1.82) is 0 Å². The van der Waals surface area contributed by atoms with Crippen LogP contribution in [0.4, 0.5) is 0 Å². The van der Waals surface area contributed by atoms with E-state index < -0.39 is 0 Å². The summed E-state index contributed by atoms with van der Waals surface area (Å²) in [6.45, 7) is 0. The molecule has 1 aliphatic carbocycles. The lowest BCUT2D eigenvalue weighted by atomic mass is 10.1. The number of fused-ring (bicyclic) bond motifs is 2. The molecule has 1 heterocycles. The smallest absolute Gasteiger partial charge is 0.318 e. The van der Waals surface area contributed by atoms with Crippen molar-refractivity contribution in [2.45, 2.75) is 19.3 Å². The maximum atomic E-state index is 11.7. The average Bonchev–Trinajstić information content (AvgIpc) is 2.71. The lowest BCUT2D eigenvalue weighted by Gasteiger charge is -2.11. The maximum Gasteiger partial charge on any atom is 0.318 e. The van der Waals surface area contributed by atoms with E-state index in [2.05, 4.69) is 5.10 Å². The minimum atomic E-state index is -0.347. The maximum absolute atomic E-state index is 11.7. The summed E-state index contributed by atoms with van der Waals surface area (Å²) in [4.78, 5) is 11.5. The van der Waals surface area contributed by atoms with Gasteiger partial charge in [0.15, 0.2) is 4.54 Å². The molecule has 82 valence electrons. The number of halogens is 1. The van der Waals surface area contributed by atoms with Gasteiger partial charge < -0.3 is 9.94 Å². The van der Waals surface area contributed by atoms with Crippen LogP contribution in [-0.2, 0) is 12.8 Å². The van der Waals surface area contributed by atoms with Crippen LogP contribution in [0.2, 0.25) is 5.28 Å². The van der Waals surface area contributed by atoms with Crippen LogP contribution in [0.1, 0.15) is 17.5 Å². The van der Waals surface area contributed by atoms with Gasteiger partial charge in [-0.25, -0.2) is 0 Å². The van der Waals surface area contributed by atoms with Gasteiger partial charge >= 0.3 is 5.52 Å². The van der Waals surface area contributed by atoms with Gasteiger partial charge in [-0.05, 0) is 48.1 Å². The number of hydrogen-bond donors (Lipinski definition) is 0. The van der Waals surface area contributed by atoms with Crippen LogP contribution in [0.25, 0.3) is 11.0 Å². The Labute approximate surface area is 95.4 Å². The highest BCUT2D eigenvalue weighted by atomic mass is 35.5. The summed E-state index contributed by atoms with van der Waals surface area (Å²) < 4.78 is 0.897. The van der Waals surface area contributed by atoms with Crippen LogP contribution >= 0.6 is 11.6 Å². The Morgan fingerprint density at radius 2 is 2.06 bits per heavy atom. The lowest BCUT2D eigenvalue weighted by Crippen LogP contribution is -2.23. The number of benzene rings is 1. The fourth-order valence-electron chi connectivity index (χ4n) is 2.18. The largest absolute Gasteiger partial charge is 0.803 e. The van der Waals surface area contributed by atoms with E-state index in [1.54, 1.807) is 12.1 Å². The molecule has 2 aromatic rings. The number of aromatic nitrogens is 3. The molecule has 16 heavy (non-hydrogen) atoms. The summed E-state index contributed by atoms with van der Waals surface area (Å²) >= 11 is 5.56. The van der Waals surface area contributed by atoms with Gasteiger partial charge in [0.2, 0.25) is 0 Å². The zero-order valence-electron chi connectivity index (χ0n) is 8.31. The molecule has 0 saturated carbocycles. The van der Waals surface area contributed by atoms with Gasteiger partial charge in [0.05, 0.1) is 10.0 Å². The first kappa shape index (κ1) is 9.59. The Balaban J connectivity index is 2.48. The summed E-state index contributed by atoms with van der Waals surface area (Å²) in [5, 5.41) is 14.7. The summed E-state index contributed by atoms with van der Waals surface area (Å²) in [6.07, 6.45) is 2.96. The van der Waals surface area contributed by atoms with Crippen LogP contribution in [0.3, 0.4) is 0 Å². The highest BCUT2D eigenvalue weighted by Gasteiger charge is 2.19. The monoisotopic (exact) mass is 237 g/mol. The average molecular weight is 238 g/mol. The molecule has 0 N–H and O–H groups in total. The number of hydrogen-bond acceptors (Lipinski definition) is 3. The molecule has 0 fully saturated rings. The first-order chi connectivity index (χ1) is 7.66. The molecular weight excluding hydrogens is 230 g/mol. The molecule has 1 aliphatic rings. The molecule has 1 aromatic heterocycles. The van der Waals surface area contributed by atoms with Crippen LogP contribution in [0.15, 0.2) is 12.1 Å². The van der Waals surface area contributed by atoms with Crippen molar-refractivity contribution in [1.82, 2.24) is 9.83 Å². The summed E-state index contributed by atoms with van der Waals surface area (Å²) in [6, 6.07) is 3.48. The highest BCUT2D eigenvalue weighted by molar-refractivity contribution is 6.28. The Bertz CT molecular complexity index is 651. The van der Waals surface area contributed by atoms with E-state index in [9.17, 15) is 10.1 Å². The molecule has 6 heteroatoms. The summed E-state index contributed by atoms with van der Waals surface area (Å²) in [5.74, 6) is 0. The fourth-order valence-corrected chi connectivity index (χ4v) is 2.34. The molecule has 0 unspecified atom stereocenters. The quantitative estimate of drug-likeness (QED) is 0.652. The molecular formula is C10H8ClN3O2. The minimum Gasteiger partial charge on any atom is -0.803 e. The molecule has 0 atom stereocenters. The van der Waals surface area contributed by atoms with E-state index >= 15 is 0 Å². The fraction of sp³-hybridized carbons (Fsp3) is 0.300. The molecule has 0 radical (unpaired) electrons. The Morgan fingerprint density at radius 3 is 2.81 bits per heavy atom. The van der Waals surface area contributed by atoms with Crippen molar-refractivity contribution in [2.24, 2.45) is 0 Å². The Hall–Kier alpha value is -1.62. The molecule has 0 bridgehead atoms. The predicted molar refractivity (Wildman–Crippen MR) is 58.9 cm³/mol. The van der Waals surface area contributed by atoms with Crippen molar-refractivity contribution in [3.8, 4) is 0 Å². The van der Waals surface area contributed by atoms with E-state index in [0.29, 0.717) is 9.27 Å². The topological polar surface area (TPSA) is 63.8 Å². The van der Waals surface area contributed by atoms with Gasteiger partial charge in [0, 0.05) is 6.07 Å². The predicted octanol–water partition coefficient (Wildman–Crippen LogP) is 1.44. The van der Waals surface area contributed by atoms with Crippen molar-refractivity contribution in [2.75, 3.05) is 0 Å². The first-order valence-corrected chi connectivity index (χ1v) is 5.39. The molecule has 0 saturated heterocycles. The van der Waals surface area contributed by atoms with Crippen molar-refractivity contribution >= 4 is 22.6 Å². The number of rotatable bonds is 0. The normalized spacial score (nSPS) is 14.3. The standard InChI is InChI=1S/C10H8ClN3O2/c11-10-12-14(16)9-5-7-3-1-2-6(7)4-8(9)13(10)15/h4-5H,1-3H2. The second-order valence-corrected chi connectivity index (χ2v) is 4.24. The van der Waals surface area contributed by atoms with E-state index in [1.807, 2.05) is 0 Å². The molecule has 0 aliphatic heterocycles. The molecule has 0 amide bonds.